The second-order valence-electron chi connectivity index (χ2n) is 3.38. The van der Waals surface area contributed by atoms with Crippen molar-refractivity contribution in [1.29, 1.82) is 0 Å². The number of hydrogen-bond donors (Lipinski definition) is 1. The first-order valence-electron chi connectivity index (χ1n) is 4.90. The van der Waals surface area contributed by atoms with Crippen LogP contribution in [-0.2, 0) is 4.74 Å². The number of methoxy groups -OCH3 is 1. The van der Waals surface area contributed by atoms with Gasteiger partial charge in [-0.25, -0.2) is 4.79 Å². The number of esters is 1. The van der Waals surface area contributed by atoms with Gasteiger partial charge in [0.25, 0.3) is 0 Å². The van der Waals surface area contributed by atoms with Gasteiger partial charge in [-0.05, 0) is 24.3 Å². The number of rotatable bonds is 4. The third-order valence-electron chi connectivity index (χ3n) is 2.08. The van der Waals surface area contributed by atoms with Crippen LogP contribution in [0.2, 0.25) is 0 Å². The SMILES string of the molecule is COc1ccc(C(=O)OCC(O)C(F)(F)F)cc1. The lowest BCUT2D eigenvalue weighted by Crippen LogP contribution is -2.33. The molecule has 18 heavy (non-hydrogen) atoms. The van der Waals surface area contributed by atoms with Gasteiger partial charge >= 0.3 is 12.1 Å². The number of carbonyl (C=O) groups is 1. The Hall–Kier alpha value is -1.76. The molecule has 7 heteroatoms. The first kappa shape index (κ1) is 14.3. The van der Waals surface area contributed by atoms with Gasteiger partial charge in [-0.15, -0.1) is 0 Å². The maximum absolute atomic E-state index is 11.9. The highest BCUT2D eigenvalue weighted by atomic mass is 19.4. The lowest BCUT2D eigenvalue weighted by Gasteiger charge is -2.14. The van der Waals surface area contributed by atoms with Gasteiger partial charge in [-0.3, -0.25) is 0 Å². The van der Waals surface area contributed by atoms with Crippen molar-refractivity contribution in [3.05, 3.63) is 29.8 Å². The maximum atomic E-state index is 11.9. The molecular formula is C11H11F3O4. The molecule has 0 amide bonds. The fourth-order valence-corrected chi connectivity index (χ4v) is 1.06. The van der Waals surface area contributed by atoms with E-state index < -0.39 is 24.9 Å². The Balaban J connectivity index is 2.55. The molecule has 1 N–H and O–H groups in total. The van der Waals surface area contributed by atoms with Crippen LogP contribution in [0.15, 0.2) is 24.3 Å². The summed E-state index contributed by atoms with van der Waals surface area (Å²) in [5.41, 5.74) is 0.0742. The van der Waals surface area contributed by atoms with Gasteiger partial charge in [0.05, 0.1) is 12.7 Å². The molecule has 1 aromatic rings. The Kier molecular flexibility index (Phi) is 4.55. The smallest absolute Gasteiger partial charge is 0.417 e. The molecule has 0 heterocycles. The van der Waals surface area contributed by atoms with Crippen molar-refractivity contribution < 1.29 is 32.5 Å². The Labute approximate surface area is 101 Å². The van der Waals surface area contributed by atoms with E-state index in [1.165, 1.54) is 31.4 Å². The summed E-state index contributed by atoms with van der Waals surface area (Å²) in [5, 5.41) is 8.64. The molecule has 0 aliphatic heterocycles. The zero-order chi connectivity index (χ0) is 13.8. The third kappa shape index (κ3) is 3.92. The Bertz CT molecular complexity index is 400. The molecule has 4 nitrogen and oxygen atoms in total. The topological polar surface area (TPSA) is 55.8 Å². The lowest BCUT2D eigenvalue weighted by atomic mass is 10.2. The van der Waals surface area contributed by atoms with E-state index in [1.807, 2.05) is 0 Å². The summed E-state index contributed by atoms with van der Waals surface area (Å²) in [6.45, 7) is -1.13. The molecule has 0 aliphatic carbocycles. The minimum atomic E-state index is -4.81. The first-order valence-corrected chi connectivity index (χ1v) is 4.90. The molecule has 0 spiro atoms. The van der Waals surface area contributed by atoms with E-state index in [0.29, 0.717) is 5.75 Å². The molecular weight excluding hydrogens is 253 g/mol. The van der Waals surface area contributed by atoms with Gasteiger partial charge in [0, 0.05) is 0 Å². The number of ether oxygens (including phenoxy) is 2. The highest BCUT2D eigenvalue weighted by Crippen LogP contribution is 2.20. The van der Waals surface area contributed by atoms with Crippen LogP contribution >= 0.6 is 0 Å². The van der Waals surface area contributed by atoms with Gasteiger partial charge in [0.2, 0.25) is 0 Å². The molecule has 1 rings (SSSR count). The van der Waals surface area contributed by atoms with E-state index in [4.69, 9.17) is 9.84 Å². The monoisotopic (exact) mass is 264 g/mol. The summed E-state index contributed by atoms with van der Waals surface area (Å²) in [6, 6.07) is 5.63. The summed E-state index contributed by atoms with van der Waals surface area (Å²) in [7, 11) is 1.44. The predicted molar refractivity (Wildman–Crippen MR) is 55.3 cm³/mol. The van der Waals surface area contributed by atoms with Gasteiger partial charge in [0.1, 0.15) is 12.4 Å². The molecule has 0 saturated heterocycles. The van der Waals surface area contributed by atoms with Crippen molar-refractivity contribution in [3.63, 3.8) is 0 Å². The maximum Gasteiger partial charge on any atom is 0.417 e. The van der Waals surface area contributed by atoms with E-state index in [9.17, 15) is 18.0 Å². The standard InChI is InChI=1S/C11H11F3O4/c1-17-8-4-2-7(3-5-8)10(16)18-6-9(15)11(12,13)14/h2-5,9,15H,6H2,1H3. The number of benzene rings is 1. The van der Waals surface area contributed by atoms with E-state index >= 15 is 0 Å². The fourth-order valence-electron chi connectivity index (χ4n) is 1.06. The number of aliphatic hydroxyl groups is 1. The zero-order valence-corrected chi connectivity index (χ0v) is 9.40. The predicted octanol–water partition coefficient (Wildman–Crippen LogP) is 1.78. The Morgan fingerprint density at radius 2 is 1.89 bits per heavy atom. The van der Waals surface area contributed by atoms with Crippen LogP contribution in [0.3, 0.4) is 0 Å². The lowest BCUT2D eigenvalue weighted by molar-refractivity contribution is -0.212. The van der Waals surface area contributed by atoms with Crippen molar-refractivity contribution in [3.8, 4) is 5.75 Å². The molecule has 1 unspecified atom stereocenters. The number of hydrogen-bond acceptors (Lipinski definition) is 4. The summed E-state index contributed by atoms with van der Waals surface area (Å²) in [6.07, 6.45) is -7.49. The van der Waals surface area contributed by atoms with Crippen LogP contribution in [0.25, 0.3) is 0 Å². The van der Waals surface area contributed by atoms with Crippen molar-refractivity contribution in [2.24, 2.45) is 0 Å². The molecule has 0 radical (unpaired) electrons. The average molecular weight is 264 g/mol. The molecule has 1 atom stereocenters. The largest absolute Gasteiger partial charge is 0.497 e. The number of carbonyl (C=O) groups excluding carboxylic acids is 1. The van der Waals surface area contributed by atoms with Crippen LogP contribution in [0.4, 0.5) is 13.2 Å². The van der Waals surface area contributed by atoms with Gasteiger partial charge < -0.3 is 14.6 Å². The summed E-state index contributed by atoms with van der Waals surface area (Å²) >= 11 is 0. The van der Waals surface area contributed by atoms with Crippen LogP contribution in [0.5, 0.6) is 5.75 Å². The molecule has 100 valence electrons. The third-order valence-corrected chi connectivity index (χ3v) is 2.08. The van der Waals surface area contributed by atoms with E-state index in [0.717, 1.165) is 0 Å². The van der Waals surface area contributed by atoms with Crippen LogP contribution in [-0.4, -0.2) is 37.1 Å². The van der Waals surface area contributed by atoms with Gasteiger partial charge in [-0.2, -0.15) is 13.2 Å². The minimum absolute atomic E-state index is 0.0742. The van der Waals surface area contributed by atoms with E-state index in [-0.39, 0.29) is 5.56 Å². The zero-order valence-electron chi connectivity index (χ0n) is 9.40. The quantitative estimate of drug-likeness (QED) is 0.842. The van der Waals surface area contributed by atoms with Crippen molar-refractivity contribution in [1.82, 2.24) is 0 Å². The van der Waals surface area contributed by atoms with Gasteiger partial charge in [0.15, 0.2) is 6.10 Å². The van der Waals surface area contributed by atoms with Crippen molar-refractivity contribution in [2.45, 2.75) is 12.3 Å². The summed E-state index contributed by atoms with van der Waals surface area (Å²) in [5.74, 6) is -0.442. The fraction of sp³-hybridized carbons (Fsp3) is 0.364. The van der Waals surface area contributed by atoms with E-state index in [1.54, 1.807) is 0 Å². The number of alkyl halides is 3. The molecule has 1 aromatic carbocycles. The minimum Gasteiger partial charge on any atom is -0.497 e. The molecule has 0 aliphatic rings. The number of halogens is 3. The molecule has 0 saturated carbocycles. The summed E-state index contributed by atoms with van der Waals surface area (Å²) < 4.78 is 45.0. The highest BCUT2D eigenvalue weighted by Gasteiger charge is 2.39. The van der Waals surface area contributed by atoms with Crippen LogP contribution in [0, 0.1) is 0 Å². The average Bonchev–Trinajstić information content (AvgIpc) is 2.34. The molecule has 0 bridgehead atoms. The van der Waals surface area contributed by atoms with Crippen molar-refractivity contribution >= 4 is 5.97 Å². The molecule has 0 fully saturated rings. The molecule has 0 aromatic heterocycles. The first-order chi connectivity index (χ1) is 8.34. The van der Waals surface area contributed by atoms with Crippen LogP contribution in [0.1, 0.15) is 10.4 Å². The Morgan fingerprint density at radius 3 is 2.33 bits per heavy atom. The normalized spacial score (nSPS) is 12.9. The van der Waals surface area contributed by atoms with Crippen LogP contribution < -0.4 is 4.74 Å². The van der Waals surface area contributed by atoms with Gasteiger partial charge in [-0.1, -0.05) is 0 Å². The van der Waals surface area contributed by atoms with E-state index in [2.05, 4.69) is 4.74 Å². The second kappa shape index (κ2) is 5.72. The Morgan fingerprint density at radius 1 is 1.33 bits per heavy atom. The second-order valence-corrected chi connectivity index (χ2v) is 3.38. The number of aliphatic hydroxyl groups excluding tert-OH is 1. The van der Waals surface area contributed by atoms with Crippen molar-refractivity contribution in [2.75, 3.05) is 13.7 Å². The summed E-state index contributed by atoms with van der Waals surface area (Å²) in [4.78, 5) is 11.3. The highest BCUT2D eigenvalue weighted by molar-refractivity contribution is 5.89.